The molecule has 1 aliphatic rings. The van der Waals surface area contributed by atoms with E-state index in [1.54, 1.807) is 0 Å². The molecule has 0 fully saturated rings. The first kappa shape index (κ1) is 12.8. The molecular weight excluding hydrogens is 248 g/mol. The van der Waals surface area contributed by atoms with Crippen molar-refractivity contribution in [2.45, 2.75) is 26.9 Å². The highest BCUT2D eigenvalue weighted by atomic mass is 15.3. The van der Waals surface area contributed by atoms with E-state index in [4.69, 9.17) is 0 Å². The lowest BCUT2D eigenvalue weighted by molar-refractivity contribution is -0.533. The Morgan fingerprint density at radius 2 is 1.95 bits per heavy atom. The molecule has 1 aliphatic heterocycles. The van der Waals surface area contributed by atoms with Crippen LogP contribution >= 0.6 is 0 Å². The standard InChI is InChI=1S/C16H19N4/c1-11-8-13(3)20(18-11)15-7-5-6-14(9-15)16-17-12(2)10-19(16)4/h5-10,16H,1-4H3/q+1. The summed E-state index contributed by atoms with van der Waals surface area (Å²) in [4.78, 5) is 4.66. The summed E-state index contributed by atoms with van der Waals surface area (Å²) >= 11 is 0. The number of aliphatic imine (C=N–C) groups is 1. The van der Waals surface area contributed by atoms with E-state index in [0.717, 1.165) is 22.8 Å². The van der Waals surface area contributed by atoms with Crippen LogP contribution in [0.5, 0.6) is 0 Å². The molecule has 0 aliphatic carbocycles. The Morgan fingerprint density at radius 3 is 2.55 bits per heavy atom. The zero-order valence-electron chi connectivity index (χ0n) is 12.3. The summed E-state index contributed by atoms with van der Waals surface area (Å²) in [7, 11) is 2.06. The van der Waals surface area contributed by atoms with E-state index in [0.29, 0.717) is 0 Å². The highest BCUT2D eigenvalue weighted by Crippen LogP contribution is 2.23. The highest BCUT2D eigenvalue weighted by molar-refractivity contribution is 6.28. The van der Waals surface area contributed by atoms with Crippen LogP contribution in [-0.4, -0.2) is 33.3 Å². The maximum Gasteiger partial charge on any atom is 0.272 e. The number of aryl methyl sites for hydroxylation is 2. The number of hydrogen-bond donors (Lipinski definition) is 0. The first-order valence-corrected chi connectivity index (χ1v) is 6.79. The van der Waals surface area contributed by atoms with E-state index < -0.39 is 0 Å². The smallest absolute Gasteiger partial charge is 0.238 e. The van der Waals surface area contributed by atoms with Crippen molar-refractivity contribution in [2.75, 3.05) is 7.05 Å². The first-order chi connectivity index (χ1) is 9.54. The van der Waals surface area contributed by atoms with Crippen molar-refractivity contribution in [3.63, 3.8) is 0 Å². The van der Waals surface area contributed by atoms with Crippen molar-refractivity contribution in [1.82, 2.24) is 9.78 Å². The lowest BCUT2D eigenvalue weighted by Gasteiger charge is -2.09. The molecular formula is C16H19N4+. The van der Waals surface area contributed by atoms with Gasteiger partial charge in [0.25, 0.3) is 6.17 Å². The quantitative estimate of drug-likeness (QED) is 0.770. The van der Waals surface area contributed by atoms with E-state index in [9.17, 15) is 0 Å². The molecule has 4 heteroatoms. The van der Waals surface area contributed by atoms with Crippen molar-refractivity contribution in [3.05, 3.63) is 47.3 Å². The van der Waals surface area contributed by atoms with Crippen molar-refractivity contribution in [1.29, 1.82) is 0 Å². The molecule has 1 atom stereocenters. The van der Waals surface area contributed by atoms with Crippen LogP contribution in [0.2, 0.25) is 0 Å². The minimum absolute atomic E-state index is 0.0758. The average Bonchev–Trinajstić information content (AvgIpc) is 2.91. The molecule has 3 rings (SSSR count). The SMILES string of the molecule is CC1=NC(c2cccc(-n3nc(C)cc3C)c2)[N+](C)=C1. The van der Waals surface area contributed by atoms with Gasteiger partial charge in [0.15, 0.2) is 6.21 Å². The summed E-state index contributed by atoms with van der Waals surface area (Å²) in [6.45, 7) is 6.12. The topological polar surface area (TPSA) is 33.2 Å². The molecule has 0 N–H and O–H groups in total. The maximum atomic E-state index is 4.66. The zero-order chi connectivity index (χ0) is 14.3. The summed E-state index contributed by atoms with van der Waals surface area (Å²) in [5.41, 5.74) is 5.51. The molecule has 0 radical (unpaired) electrons. The van der Waals surface area contributed by atoms with Crippen molar-refractivity contribution in [3.8, 4) is 5.69 Å². The third kappa shape index (κ3) is 2.18. The predicted octanol–water partition coefficient (Wildman–Crippen LogP) is 2.68. The fraction of sp³-hybridized carbons (Fsp3) is 0.312. The van der Waals surface area contributed by atoms with Gasteiger partial charge in [-0.2, -0.15) is 5.10 Å². The molecule has 1 aromatic carbocycles. The Morgan fingerprint density at radius 1 is 1.15 bits per heavy atom. The van der Waals surface area contributed by atoms with Gasteiger partial charge in [-0.3, -0.25) is 0 Å². The molecule has 0 bridgehead atoms. The number of rotatable bonds is 2. The monoisotopic (exact) mass is 267 g/mol. The van der Waals surface area contributed by atoms with Gasteiger partial charge in [-0.1, -0.05) is 12.1 Å². The van der Waals surface area contributed by atoms with Gasteiger partial charge in [0.05, 0.1) is 11.4 Å². The summed E-state index contributed by atoms with van der Waals surface area (Å²) < 4.78 is 4.11. The predicted molar refractivity (Wildman–Crippen MR) is 81.1 cm³/mol. The molecule has 4 nitrogen and oxygen atoms in total. The third-order valence-electron chi connectivity index (χ3n) is 3.52. The van der Waals surface area contributed by atoms with Gasteiger partial charge >= 0.3 is 0 Å². The van der Waals surface area contributed by atoms with E-state index in [1.807, 2.05) is 18.5 Å². The minimum atomic E-state index is 0.0758. The maximum absolute atomic E-state index is 4.66. The van der Waals surface area contributed by atoms with E-state index >= 15 is 0 Å². The van der Waals surface area contributed by atoms with Crippen LogP contribution < -0.4 is 0 Å². The number of nitrogens with zero attached hydrogens (tertiary/aromatic N) is 4. The summed E-state index contributed by atoms with van der Waals surface area (Å²) in [5.74, 6) is 0. The molecule has 2 heterocycles. The lowest BCUT2D eigenvalue weighted by Crippen LogP contribution is -2.10. The second-order valence-corrected chi connectivity index (χ2v) is 5.37. The van der Waals surface area contributed by atoms with Gasteiger partial charge in [-0.05, 0) is 39.0 Å². The van der Waals surface area contributed by atoms with Crippen molar-refractivity contribution >= 4 is 11.9 Å². The number of benzene rings is 1. The Labute approximate surface area is 119 Å². The third-order valence-corrected chi connectivity index (χ3v) is 3.52. The molecule has 0 spiro atoms. The molecule has 0 saturated heterocycles. The van der Waals surface area contributed by atoms with Gasteiger partial charge in [0.2, 0.25) is 0 Å². The Bertz CT molecular complexity index is 722. The molecule has 2 aromatic rings. The fourth-order valence-corrected chi connectivity index (χ4v) is 2.70. The van der Waals surface area contributed by atoms with E-state index in [-0.39, 0.29) is 6.17 Å². The largest absolute Gasteiger partial charge is 0.272 e. The van der Waals surface area contributed by atoms with Crippen LogP contribution in [0.25, 0.3) is 5.69 Å². The van der Waals surface area contributed by atoms with Crippen LogP contribution in [0.1, 0.15) is 30.0 Å². The van der Waals surface area contributed by atoms with Gasteiger partial charge < -0.3 is 0 Å². The van der Waals surface area contributed by atoms with Crippen molar-refractivity contribution < 1.29 is 4.58 Å². The molecule has 1 unspecified atom stereocenters. The van der Waals surface area contributed by atoms with Crippen LogP contribution in [0.4, 0.5) is 0 Å². The minimum Gasteiger partial charge on any atom is -0.238 e. The molecule has 1 aromatic heterocycles. The number of aromatic nitrogens is 2. The molecule has 0 saturated carbocycles. The summed E-state index contributed by atoms with van der Waals surface area (Å²) in [6, 6.07) is 10.5. The fourth-order valence-electron chi connectivity index (χ4n) is 2.70. The zero-order valence-corrected chi connectivity index (χ0v) is 12.3. The molecule has 0 amide bonds. The van der Waals surface area contributed by atoms with Gasteiger partial charge in [-0.25, -0.2) is 14.2 Å². The first-order valence-electron chi connectivity index (χ1n) is 6.79. The molecule has 102 valence electrons. The Hall–Kier alpha value is -2.23. The Kier molecular flexibility index (Phi) is 3.01. The Balaban J connectivity index is 2.03. The van der Waals surface area contributed by atoms with Crippen molar-refractivity contribution in [2.24, 2.45) is 4.99 Å². The van der Waals surface area contributed by atoms with Gasteiger partial charge in [0, 0.05) is 11.3 Å². The summed E-state index contributed by atoms with van der Waals surface area (Å²) in [5, 5.41) is 4.54. The lowest BCUT2D eigenvalue weighted by atomic mass is 10.1. The van der Waals surface area contributed by atoms with Crippen LogP contribution in [0.3, 0.4) is 0 Å². The summed E-state index contributed by atoms with van der Waals surface area (Å²) in [6.07, 6.45) is 2.15. The van der Waals surface area contributed by atoms with Crippen LogP contribution in [0.15, 0.2) is 35.3 Å². The van der Waals surface area contributed by atoms with Crippen LogP contribution in [0, 0.1) is 13.8 Å². The second-order valence-electron chi connectivity index (χ2n) is 5.37. The van der Waals surface area contributed by atoms with Gasteiger partial charge in [0.1, 0.15) is 12.8 Å². The highest BCUT2D eigenvalue weighted by Gasteiger charge is 2.24. The van der Waals surface area contributed by atoms with Crippen LogP contribution in [-0.2, 0) is 0 Å². The second kappa shape index (κ2) is 4.71. The number of hydrogen-bond acceptors (Lipinski definition) is 2. The normalized spacial score (nSPS) is 18.1. The molecule has 20 heavy (non-hydrogen) atoms. The van der Waals surface area contributed by atoms with E-state index in [2.05, 4.69) is 65.2 Å². The van der Waals surface area contributed by atoms with E-state index in [1.165, 1.54) is 5.56 Å². The van der Waals surface area contributed by atoms with Gasteiger partial charge in [-0.15, -0.1) is 0 Å². The average molecular weight is 267 g/mol.